The van der Waals surface area contributed by atoms with Crippen LogP contribution in [0.4, 0.5) is 0 Å². The molecule has 0 radical (unpaired) electrons. The first-order valence-corrected chi connectivity index (χ1v) is 7.24. The molecule has 0 amide bonds. The third-order valence-corrected chi connectivity index (χ3v) is 3.97. The third-order valence-electron chi connectivity index (χ3n) is 3.06. The number of hydrogen-bond acceptors (Lipinski definition) is 2. The number of benzene rings is 1. The zero-order chi connectivity index (χ0) is 14.0. The molecule has 1 heterocycles. The fourth-order valence-electron chi connectivity index (χ4n) is 2.05. The summed E-state index contributed by atoms with van der Waals surface area (Å²) in [4.78, 5) is 5.22. The van der Waals surface area contributed by atoms with Crippen molar-refractivity contribution in [3.05, 3.63) is 47.0 Å². The lowest BCUT2D eigenvalue weighted by atomic mass is 10.0. The van der Waals surface area contributed by atoms with Crippen LogP contribution < -0.4 is 0 Å². The smallest absolute Gasteiger partial charge is 0.110 e. The van der Waals surface area contributed by atoms with E-state index in [1.807, 2.05) is 48.9 Å². The van der Waals surface area contributed by atoms with E-state index in [4.69, 9.17) is 35.4 Å². The number of para-hydroxylation sites is 1. The van der Waals surface area contributed by atoms with Crippen LogP contribution in [-0.2, 0) is 0 Å². The standard InChI is InChI=1S/C14H14Cl2N2S/c1-9(19)11(7-15)14-8-17-10(2)18(14)13-6-4-3-5-12(13)16/h3-6,8,11H,7H2,1-2H3. The largest absolute Gasteiger partial charge is 0.299 e. The molecular formula is C14H14Cl2N2S. The van der Waals surface area contributed by atoms with Gasteiger partial charge in [-0.05, 0) is 26.0 Å². The first-order valence-electron chi connectivity index (χ1n) is 5.91. The molecule has 0 fully saturated rings. The summed E-state index contributed by atoms with van der Waals surface area (Å²) in [5.41, 5.74) is 1.88. The lowest BCUT2D eigenvalue weighted by Gasteiger charge is -2.17. The van der Waals surface area contributed by atoms with E-state index in [9.17, 15) is 0 Å². The summed E-state index contributed by atoms with van der Waals surface area (Å²) in [6.07, 6.45) is 1.82. The van der Waals surface area contributed by atoms with Gasteiger partial charge in [-0.2, -0.15) is 0 Å². The summed E-state index contributed by atoms with van der Waals surface area (Å²) in [6.45, 7) is 3.85. The molecule has 5 heteroatoms. The van der Waals surface area contributed by atoms with E-state index in [-0.39, 0.29) is 5.92 Å². The molecule has 19 heavy (non-hydrogen) atoms. The van der Waals surface area contributed by atoms with Crippen LogP contribution in [0.1, 0.15) is 24.4 Å². The number of aromatic nitrogens is 2. The molecule has 2 nitrogen and oxygen atoms in total. The maximum absolute atomic E-state index is 6.27. The number of nitrogens with zero attached hydrogens (tertiary/aromatic N) is 2. The Hall–Kier alpha value is -0.900. The number of halogens is 2. The van der Waals surface area contributed by atoms with Gasteiger partial charge in [0.1, 0.15) is 5.82 Å². The molecule has 0 aliphatic carbocycles. The fourth-order valence-corrected chi connectivity index (χ4v) is 2.96. The highest BCUT2D eigenvalue weighted by Gasteiger charge is 2.20. The zero-order valence-corrected chi connectivity index (χ0v) is 13.1. The number of rotatable bonds is 4. The van der Waals surface area contributed by atoms with Gasteiger partial charge in [0, 0.05) is 22.9 Å². The molecule has 1 atom stereocenters. The van der Waals surface area contributed by atoms with E-state index >= 15 is 0 Å². The van der Waals surface area contributed by atoms with Crippen LogP contribution in [-0.4, -0.2) is 20.3 Å². The van der Waals surface area contributed by atoms with Gasteiger partial charge in [-0.3, -0.25) is 4.57 Å². The average molecular weight is 313 g/mol. The highest BCUT2D eigenvalue weighted by Crippen LogP contribution is 2.28. The van der Waals surface area contributed by atoms with Crippen molar-refractivity contribution in [1.82, 2.24) is 9.55 Å². The molecular weight excluding hydrogens is 299 g/mol. The molecule has 0 saturated heterocycles. The van der Waals surface area contributed by atoms with Crippen LogP contribution in [0.2, 0.25) is 5.02 Å². The number of aryl methyl sites for hydroxylation is 1. The van der Waals surface area contributed by atoms with E-state index < -0.39 is 0 Å². The molecule has 0 spiro atoms. The summed E-state index contributed by atoms with van der Waals surface area (Å²) in [6, 6.07) is 7.68. The van der Waals surface area contributed by atoms with Gasteiger partial charge in [0.2, 0.25) is 0 Å². The predicted octanol–water partition coefficient (Wildman–Crippen LogP) is 4.55. The highest BCUT2D eigenvalue weighted by atomic mass is 35.5. The lowest BCUT2D eigenvalue weighted by Crippen LogP contribution is -2.14. The summed E-state index contributed by atoms with van der Waals surface area (Å²) >= 11 is 17.6. The first-order chi connectivity index (χ1) is 9.06. The second-order valence-electron chi connectivity index (χ2n) is 4.33. The second-order valence-corrected chi connectivity index (χ2v) is 5.69. The molecule has 1 aromatic heterocycles. The van der Waals surface area contributed by atoms with Gasteiger partial charge < -0.3 is 0 Å². The van der Waals surface area contributed by atoms with Crippen molar-refractivity contribution in [3.8, 4) is 5.69 Å². The summed E-state index contributed by atoms with van der Waals surface area (Å²) in [7, 11) is 0. The van der Waals surface area contributed by atoms with E-state index in [0.29, 0.717) is 10.9 Å². The highest BCUT2D eigenvalue weighted by molar-refractivity contribution is 7.80. The average Bonchev–Trinajstić information content (AvgIpc) is 2.73. The van der Waals surface area contributed by atoms with Crippen molar-refractivity contribution in [2.24, 2.45) is 0 Å². The predicted molar refractivity (Wildman–Crippen MR) is 85.0 cm³/mol. The number of hydrogen-bond donors (Lipinski definition) is 0. The molecule has 0 bridgehead atoms. The van der Waals surface area contributed by atoms with Crippen LogP contribution in [0, 0.1) is 6.92 Å². The van der Waals surface area contributed by atoms with Gasteiger partial charge in [0.05, 0.1) is 16.4 Å². The van der Waals surface area contributed by atoms with Gasteiger partial charge in [-0.1, -0.05) is 36.0 Å². The minimum Gasteiger partial charge on any atom is -0.299 e. The second kappa shape index (κ2) is 6.04. The molecule has 1 unspecified atom stereocenters. The Bertz CT molecular complexity index is 607. The quantitative estimate of drug-likeness (QED) is 0.609. The van der Waals surface area contributed by atoms with E-state index in [1.165, 1.54) is 0 Å². The van der Waals surface area contributed by atoms with Crippen molar-refractivity contribution in [3.63, 3.8) is 0 Å². The molecule has 0 saturated carbocycles. The molecule has 100 valence electrons. The van der Waals surface area contributed by atoms with Crippen molar-refractivity contribution in [1.29, 1.82) is 0 Å². The minimum atomic E-state index is -0.00543. The van der Waals surface area contributed by atoms with E-state index in [0.717, 1.165) is 22.1 Å². The molecule has 2 rings (SSSR count). The molecule has 0 aliphatic heterocycles. The summed E-state index contributed by atoms with van der Waals surface area (Å²) < 4.78 is 2.02. The normalized spacial score (nSPS) is 12.4. The van der Waals surface area contributed by atoms with Crippen molar-refractivity contribution < 1.29 is 0 Å². The van der Waals surface area contributed by atoms with Crippen molar-refractivity contribution >= 4 is 40.3 Å². The summed E-state index contributed by atoms with van der Waals surface area (Å²) in [5.74, 6) is 1.30. The van der Waals surface area contributed by atoms with Gasteiger partial charge >= 0.3 is 0 Å². The maximum Gasteiger partial charge on any atom is 0.110 e. The van der Waals surface area contributed by atoms with Crippen LogP contribution in [0.25, 0.3) is 5.69 Å². The fraction of sp³-hybridized carbons (Fsp3) is 0.286. The van der Waals surface area contributed by atoms with Crippen LogP contribution in [0.3, 0.4) is 0 Å². The number of imidazole rings is 1. The Morgan fingerprint density at radius 1 is 1.42 bits per heavy atom. The lowest BCUT2D eigenvalue weighted by molar-refractivity contribution is 0.865. The zero-order valence-electron chi connectivity index (χ0n) is 10.7. The van der Waals surface area contributed by atoms with Gasteiger partial charge in [0.15, 0.2) is 0 Å². The monoisotopic (exact) mass is 312 g/mol. The van der Waals surface area contributed by atoms with Crippen molar-refractivity contribution in [2.75, 3.05) is 5.88 Å². The molecule has 1 aromatic carbocycles. The minimum absolute atomic E-state index is 0.00543. The van der Waals surface area contributed by atoms with Crippen molar-refractivity contribution in [2.45, 2.75) is 19.8 Å². The van der Waals surface area contributed by atoms with Crippen LogP contribution in [0.15, 0.2) is 30.5 Å². The Balaban J connectivity index is 2.61. The Morgan fingerprint density at radius 2 is 2.11 bits per heavy atom. The SMILES string of the molecule is CC(=S)C(CCl)c1cnc(C)n1-c1ccccc1Cl. The van der Waals surface area contributed by atoms with Gasteiger partial charge in [0.25, 0.3) is 0 Å². The Labute approximate surface area is 128 Å². The Morgan fingerprint density at radius 3 is 2.68 bits per heavy atom. The maximum atomic E-state index is 6.27. The molecule has 2 aromatic rings. The number of alkyl halides is 1. The third kappa shape index (κ3) is 2.83. The van der Waals surface area contributed by atoms with E-state index in [2.05, 4.69) is 4.98 Å². The topological polar surface area (TPSA) is 17.8 Å². The Kier molecular flexibility index (Phi) is 4.61. The molecule has 0 N–H and O–H groups in total. The molecule has 0 aliphatic rings. The number of thiocarbonyl (C=S) groups is 1. The van der Waals surface area contributed by atoms with Crippen LogP contribution >= 0.6 is 35.4 Å². The summed E-state index contributed by atoms with van der Waals surface area (Å²) in [5, 5.41) is 0.681. The van der Waals surface area contributed by atoms with E-state index in [1.54, 1.807) is 0 Å². The van der Waals surface area contributed by atoms with Crippen LogP contribution in [0.5, 0.6) is 0 Å². The first kappa shape index (κ1) is 14.5. The van der Waals surface area contributed by atoms with Gasteiger partial charge in [-0.15, -0.1) is 11.6 Å². The van der Waals surface area contributed by atoms with Gasteiger partial charge in [-0.25, -0.2) is 4.98 Å².